The molecule has 1 amide bonds. The Bertz CT molecular complexity index is 1060. The van der Waals surface area contributed by atoms with Crippen LogP contribution in [0.5, 0.6) is 0 Å². The Morgan fingerprint density at radius 1 is 1.19 bits per heavy atom. The molecule has 162 valence electrons. The number of methoxy groups -OCH3 is 1. The quantitative estimate of drug-likeness (QED) is 0.604. The molecule has 4 rings (SSSR count). The van der Waals surface area contributed by atoms with Gasteiger partial charge in [-0.3, -0.25) is 14.8 Å². The highest BCUT2D eigenvalue weighted by Gasteiger charge is 2.23. The Labute approximate surface area is 182 Å². The summed E-state index contributed by atoms with van der Waals surface area (Å²) in [6.07, 6.45) is 5.38. The fourth-order valence-corrected chi connectivity index (χ4v) is 4.10. The number of carbonyl (C=O) groups is 1. The molecule has 2 aromatic heterocycles. The van der Waals surface area contributed by atoms with E-state index in [0.717, 1.165) is 59.5 Å². The van der Waals surface area contributed by atoms with Gasteiger partial charge in [-0.2, -0.15) is 0 Å². The molecule has 0 radical (unpaired) electrons. The smallest absolute Gasteiger partial charge is 0.252 e. The van der Waals surface area contributed by atoms with Gasteiger partial charge < -0.3 is 20.5 Å². The van der Waals surface area contributed by atoms with Crippen LogP contribution in [0.2, 0.25) is 0 Å². The summed E-state index contributed by atoms with van der Waals surface area (Å²) in [4.78, 5) is 21.1. The van der Waals surface area contributed by atoms with Crippen LogP contribution >= 0.6 is 0 Å². The molecule has 1 unspecified atom stereocenters. The average molecular weight is 421 g/mol. The molecule has 1 atom stereocenters. The van der Waals surface area contributed by atoms with E-state index in [-0.39, 0.29) is 6.04 Å². The molecule has 1 saturated heterocycles. The maximum Gasteiger partial charge on any atom is 0.252 e. The van der Waals surface area contributed by atoms with Gasteiger partial charge >= 0.3 is 0 Å². The number of hydrogen-bond donors (Lipinski definition) is 2. The number of rotatable bonds is 7. The summed E-state index contributed by atoms with van der Waals surface area (Å²) in [7, 11) is 1.65. The number of nitrogens with one attached hydrogen (secondary N) is 1. The van der Waals surface area contributed by atoms with E-state index in [0.29, 0.717) is 18.1 Å². The third kappa shape index (κ3) is 4.68. The lowest BCUT2D eigenvalue weighted by atomic mass is 9.92. The van der Waals surface area contributed by atoms with Crippen LogP contribution in [0.25, 0.3) is 22.0 Å². The van der Waals surface area contributed by atoms with Crippen LogP contribution in [0.1, 0.15) is 35.8 Å². The molecule has 1 aromatic carbocycles. The number of amides is 1. The molecule has 3 heterocycles. The van der Waals surface area contributed by atoms with Crippen molar-refractivity contribution in [3.63, 3.8) is 0 Å². The van der Waals surface area contributed by atoms with Crippen LogP contribution in [0.4, 0.5) is 5.69 Å². The van der Waals surface area contributed by atoms with Gasteiger partial charge in [-0.05, 0) is 49.4 Å². The summed E-state index contributed by atoms with van der Waals surface area (Å²) in [6.45, 7) is 4.16. The zero-order valence-electron chi connectivity index (χ0n) is 17.9. The van der Waals surface area contributed by atoms with Crippen LogP contribution in [-0.2, 0) is 16.1 Å². The maximum atomic E-state index is 12.2. The number of primary amides is 1. The standard InChI is InChI=1S/C24H28N4O3/c1-15(16-7-9-31-10-8-16)28-23-20-11-17(18-3-5-19(14-30-2)26-12-18)4-6-22(20)27-13-21(23)24(25)29/h3-6,11-13,15-16H,7-10,14H2,1-2H3,(H2,25,29)(H,27,28). The Kier molecular flexibility index (Phi) is 6.44. The molecule has 1 aliphatic heterocycles. The lowest BCUT2D eigenvalue weighted by molar-refractivity contribution is 0.0622. The van der Waals surface area contributed by atoms with Crippen LogP contribution < -0.4 is 11.1 Å². The summed E-state index contributed by atoms with van der Waals surface area (Å²) in [5, 5.41) is 4.45. The van der Waals surface area contributed by atoms with Crippen molar-refractivity contribution in [1.29, 1.82) is 0 Å². The van der Waals surface area contributed by atoms with Gasteiger partial charge in [-0.1, -0.05) is 12.1 Å². The number of benzene rings is 1. The van der Waals surface area contributed by atoms with Gasteiger partial charge in [0.05, 0.1) is 29.1 Å². The molecule has 7 heteroatoms. The number of carbonyl (C=O) groups excluding carboxylic acids is 1. The van der Waals surface area contributed by atoms with Crippen molar-refractivity contribution in [3.05, 3.63) is 54.0 Å². The van der Waals surface area contributed by atoms with Crippen molar-refractivity contribution >= 4 is 22.5 Å². The predicted octanol–water partition coefficient (Wildman–Crippen LogP) is 3.77. The lowest BCUT2D eigenvalue weighted by Gasteiger charge is -2.30. The zero-order chi connectivity index (χ0) is 21.8. The molecule has 3 N–H and O–H groups in total. The minimum atomic E-state index is -0.493. The third-order valence-electron chi connectivity index (χ3n) is 5.93. The number of fused-ring (bicyclic) bond motifs is 1. The number of ether oxygens (including phenoxy) is 2. The Morgan fingerprint density at radius 3 is 2.65 bits per heavy atom. The molecule has 0 spiro atoms. The number of hydrogen-bond acceptors (Lipinski definition) is 6. The van der Waals surface area contributed by atoms with Crippen LogP contribution in [0, 0.1) is 5.92 Å². The molecule has 0 bridgehead atoms. The van der Waals surface area contributed by atoms with Crippen LogP contribution in [0.3, 0.4) is 0 Å². The highest BCUT2D eigenvalue weighted by Crippen LogP contribution is 2.32. The second-order valence-electron chi connectivity index (χ2n) is 8.00. The fourth-order valence-electron chi connectivity index (χ4n) is 4.10. The van der Waals surface area contributed by atoms with Gasteiger partial charge in [0.2, 0.25) is 0 Å². The van der Waals surface area contributed by atoms with Gasteiger partial charge in [0.25, 0.3) is 5.91 Å². The van der Waals surface area contributed by atoms with Crippen LogP contribution in [-0.4, -0.2) is 42.2 Å². The summed E-state index contributed by atoms with van der Waals surface area (Å²) in [5.41, 5.74) is 10.5. The van der Waals surface area contributed by atoms with Crippen molar-refractivity contribution in [2.45, 2.75) is 32.4 Å². The first kappa shape index (κ1) is 21.2. The van der Waals surface area contributed by atoms with Gasteiger partial charge in [-0.15, -0.1) is 0 Å². The third-order valence-corrected chi connectivity index (χ3v) is 5.93. The maximum absolute atomic E-state index is 12.2. The zero-order valence-corrected chi connectivity index (χ0v) is 17.9. The van der Waals surface area contributed by atoms with E-state index in [4.69, 9.17) is 15.2 Å². The average Bonchev–Trinajstić information content (AvgIpc) is 2.80. The molecule has 0 aliphatic carbocycles. The first-order chi connectivity index (χ1) is 15.1. The number of aromatic nitrogens is 2. The van der Waals surface area contributed by atoms with Crippen LogP contribution in [0.15, 0.2) is 42.7 Å². The second-order valence-corrected chi connectivity index (χ2v) is 8.00. The van der Waals surface area contributed by atoms with Gasteiger partial charge in [0, 0.05) is 49.7 Å². The highest BCUT2D eigenvalue weighted by molar-refractivity contribution is 6.07. The molecule has 7 nitrogen and oxygen atoms in total. The van der Waals surface area contributed by atoms with E-state index in [9.17, 15) is 4.79 Å². The minimum absolute atomic E-state index is 0.172. The molecule has 1 fully saturated rings. The lowest BCUT2D eigenvalue weighted by Crippen LogP contribution is -2.32. The SMILES string of the molecule is COCc1ccc(-c2ccc3ncc(C(N)=O)c(NC(C)C4CCOCC4)c3c2)cn1. The Morgan fingerprint density at radius 2 is 1.97 bits per heavy atom. The first-order valence-corrected chi connectivity index (χ1v) is 10.6. The van der Waals surface area contributed by atoms with E-state index in [1.54, 1.807) is 13.3 Å². The molecule has 1 aliphatic rings. The topological polar surface area (TPSA) is 99.4 Å². The van der Waals surface area contributed by atoms with Crippen molar-refractivity contribution in [2.24, 2.45) is 11.7 Å². The first-order valence-electron chi connectivity index (χ1n) is 10.6. The summed E-state index contributed by atoms with van der Waals surface area (Å²) in [6, 6.07) is 10.2. The Balaban J connectivity index is 1.73. The molecule has 3 aromatic rings. The summed E-state index contributed by atoms with van der Waals surface area (Å²) in [5.74, 6) is -0.0227. The van der Waals surface area contributed by atoms with E-state index in [1.165, 1.54) is 0 Å². The van der Waals surface area contributed by atoms with E-state index in [1.807, 2.05) is 36.5 Å². The molecule has 0 saturated carbocycles. The van der Waals surface area contributed by atoms with Crippen molar-refractivity contribution < 1.29 is 14.3 Å². The van der Waals surface area contributed by atoms with Gasteiger partial charge in [0.15, 0.2) is 0 Å². The van der Waals surface area contributed by atoms with Gasteiger partial charge in [0.1, 0.15) is 0 Å². The predicted molar refractivity (Wildman–Crippen MR) is 121 cm³/mol. The normalized spacial score (nSPS) is 15.7. The number of anilines is 1. The van der Waals surface area contributed by atoms with E-state index in [2.05, 4.69) is 22.2 Å². The minimum Gasteiger partial charge on any atom is -0.381 e. The van der Waals surface area contributed by atoms with Crippen molar-refractivity contribution in [3.8, 4) is 11.1 Å². The van der Waals surface area contributed by atoms with Crippen molar-refractivity contribution in [2.75, 3.05) is 25.6 Å². The number of nitrogens with zero attached hydrogens (tertiary/aromatic N) is 2. The number of nitrogens with two attached hydrogens (primary N) is 1. The monoisotopic (exact) mass is 420 g/mol. The molecular formula is C24H28N4O3. The summed E-state index contributed by atoms with van der Waals surface area (Å²) >= 11 is 0. The van der Waals surface area contributed by atoms with Gasteiger partial charge in [-0.25, -0.2) is 0 Å². The molecular weight excluding hydrogens is 392 g/mol. The Hall–Kier alpha value is -3.03. The second kappa shape index (κ2) is 9.41. The summed E-state index contributed by atoms with van der Waals surface area (Å²) < 4.78 is 10.6. The largest absolute Gasteiger partial charge is 0.381 e. The van der Waals surface area contributed by atoms with E-state index < -0.39 is 5.91 Å². The van der Waals surface area contributed by atoms with E-state index >= 15 is 0 Å². The highest BCUT2D eigenvalue weighted by atomic mass is 16.5. The fraction of sp³-hybridized carbons (Fsp3) is 0.375. The van der Waals surface area contributed by atoms with Crippen molar-refractivity contribution in [1.82, 2.24) is 9.97 Å². The number of pyridine rings is 2. The molecule has 31 heavy (non-hydrogen) atoms.